The first-order valence-electron chi connectivity index (χ1n) is 4.15. The van der Waals surface area contributed by atoms with Crippen LogP contribution in [-0.4, -0.2) is 0 Å². The van der Waals surface area contributed by atoms with Gasteiger partial charge in [0.25, 0.3) is 0 Å². The van der Waals surface area contributed by atoms with Crippen LogP contribution in [0.2, 0.25) is 0 Å². The molecule has 11 heavy (non-hydrogen) atoms. The summed E-state index contributed by atoms with van der Waals surface area (Å²) >= 11 is 1.78. The van der Waals surface area contributed by atoms with Crippen molar-refractivity contribution in [1.29, 1.82) is 0 Å². The zero-order chi connectivity index (χ0) is 7.68. The van der Waals surface area contributed by atoms with E-state index in [2.05, 4.69) is 17.5 Å². The molecule has 0 aliphatic heterocycles. The Morgan fingerprint density at radius 1 is 1.64 bits per heavy atom. The highest BCUT2D eigenvalue weighted by atomic mass is 32.1. The number of rotatable bonds is 3. The molecule has 2 rings (SSSR count). The van der Waals surface area contributed by atoms with Crippen molar-refractivity contribution in [2.75, 3.05) is 0 Å². The van der Waals surface area contributed by atoms with Crippen LogP contribution >= 0.6 is 11.3 Å². The molecular formula is C9H13NS. The predicted octanol–water partition coefficient (Wildman–Crippen LogP) is 2.55. The average molecular weight is 167 g/mol. The fraction of sp³-hybridized carbons (Fsp3) is 0.556. The number of hydrogen-bond donors (Lipinski definition) is 1. The van der Waals surface area contributed by atoms with E-state index in [0.717, 1.165) is 5.92 Å². The molecular weight excluding hydrogens is 154 g/mol. The summed E-state index contributed by atoms with van der Waals surface area (Å²) in [4.78, 5) is 1.34. The van der Waals surface area contributed by atoms with Crippen molar-refractivity contribution in [3.05, 3.63) is 22.4 Å². The fourth-order valence-electron chi connectivity index (χ4n) is 1.33. The summed E-state index contributed by atoms with van der Waals surface area (Å²) in [7, 11) is 0. The molecule has 1 aromatic rings. The van der Waals surface area contributed by atoms with E-state index in [4.69, 9.17) is 5.73 Å². The third-order valence-corrected chi connectivity index (χ3v) is 3.20. The average Bonchev–Trinajstić information content (AvgIpc) is 2.67. The normalized spacial score (nSPS) is 20.1. The van der Waals surface area contributed by atoms with E-state index in [0.29, 0.717) is 6.04 Å². The Hall–Kier alpha value is -0.340. The predicted molar refractivity (Wildman–Crippen MR) is 48.6 cm³/mol. The molecule has 2 N–H and O–H groups in total. The Bertz CT molecular complexity index is 213. The molecule has 1 nitrogen and oxygen atoms in total. The molecule has 1 aliphatic carbocycles. The maximum atomic E-state index is 5.99. The molecule has 60 valence electrons. The highest BCUT2D eigenvalue weighted by Crippen LogP contribution is 2.37. The van der Waals surface area contributed by atoms with Gasteiger partial charge in [0.05, 0.1) is 0 Å². The minimum Gasteiger partial charge on any atom is -0.323 e. The van der Waals surface area contributed by atoms with Gasteiger partial charge in [-0.05, 0) is 23.8 Å². The summed E-state index contributed by atoms with van der Waals surface area (Å²) in [5, 5.41) is 2.10. The highest BCUT2D eigenvalue weighted by Gasteiger charge is 2.24. The molecule has 1 aromatic heterocycles. The van der Waals surface area contributed by atoms with Crippen molar-refractivity contribution in [1.82, 2.24) is 0 Å². The summed E-state index contributed by atoms with van der Waals surface area (Å²) in [5.74, 6) is 0.937. The zero-order valence-electron chi connectivity index (χ0n) is 6.49. The summed E-state index contributed by atoms with van der Waals surface area (Å²) in [6.07, 6.45) is 4.00. The van der Waals surface area contributed by atoms with E-state index in [-0.39, 0.29) is 0 Å². The van der Waals surface area contributed by atoms with Crippen molar-refractivity contribution >= 4 is 11.3 Å². The van der Waals surface area contributed by atoms with Crippen LogP contribution in [0.1, 0.15) is 30.2 Å². The molecule has 0 saturated heterocycles. The van der Waals surface area contributed by atoms with Crippen LogP contribution in [0.4, 0.5) is 0 Å². The van der Waals surface area contributed by atoms with Crippen LogP contribution in [0.3, 0.4) is 0 Å². The van der Waals surface area contributed by atoms with Gasteiger partial charge in [0, 0.05) is 10.9 Å². The molecule has 0 unspecified atom stereocenters. The molecule has 0 radical (unpaired) electrons. The van der Waals surface area contributed by atoms with Crippen LogP contribution in [0.25, 0.3) is 0 Å². The van der Waals surface area contributed by atoms with E-state index in [9.17, 15) is 0 Å². The third-order valence-electron chi connectivity index (χ3n) is 2.19. The third kappa shape index (κ3) is 1.82. The first-order chi connectivity index (χ1) is 5.36. The lowest BCUT2D eigenvalue weighted by Crippen LogP contribution is -2.08. The standard InChI is InChI=1S/C9H13NS/c10-8(6-7-3-4-7)9-2-1-5-11-9/h1-2,5,7-8H,3-4,6,10H2/t8-/m0/s1. The van der Waals surface area contributed by atoms with Gasteiger partial charge in [0.1, 0.15) is 0 Å². The van der Waals surface area contributed by atoms with Crippen LogP contribution in [-0.2, 0) is 0 Å². The molecule has 1 heterocycles. The van der Waals surface area contributed by atoms with Crippen molar-refractivity contribution in [2.24, 2.45) is 11.7 Å². The summed E-state index contributed by atoms with van der Waals surface area (Å²) < 4.78 is 0. The second-order valence-corrected chi connectivity index (χ2v) is 4.28. The molecule has 0 aromatic carbocycles. The van der Waals surface area contributed by atoms with Gasteiger partial charge in [-0.1, -0.05) is 18.9 Å². The van der Waals surface area contributed by atoms with Crippen molar-refractivity contribution in [3.63, 3.8) is 0 Å². The number of hydrogen-bond acceptors (Lipinski definition) is 2. The van der Waals surface area contributed by atoms with E-state index in [1.54, 1.807) is 11.3 Å². The van der Waals surface area contributed by atoms with Gasteiger partial charge in [0.15, 0.2) is 0 Å². The molecule has 1 aliphatic rings. The summed E-state index contributed by atoms with van der Waals surface area (Å²) in [6.45, 7) is 0. The zero-order valence-corrected chi connectivity index (χ0v) is 7.31. The minimum atomic E-state index is 0.308. The molecule has 0 bridgehead atoms. The molecule has 2 heteroatoms. The second-order valence-electron chi connectivity index (χ2n) is 3.30. The number of nitrogens with two attached hydrogens (primary N) is 1. The topological polar surface area (TPSA) is 26.0 Å². The maximum absolute atomic E-state index is 5.99. The van der Waals surface area contributed by atoms with Crippen LogP contribution in [0.15, 0.2) is 17.5 Å². The Morgan fingerprint density at radius 2 is 2.45 bits per heavy atom. The van der Waals surface area contributed by atoms with Crippen LogP contribution in [0.5, 0.6) is 0 Å². The van der Waals surface area contributed by atoms with E-state index >= 15 is 0 Å². The van der Waals surface area contributed by atoms with Crippen LogP contribution < -0.4 is 5.73 Å². The fourth-order valence-corrected chi connectivity index (χ4v) is 2.07. The first kappa shape index (κ1) is 7.32. The van der Waals surface area contributed by atoms with Crippen molar-refractivity contribution < 1.29 is 0 Å². The first-order valence-corrected chi connectivity index (χ1v) is 5.03. The van der Waals surface area contributed by atoms with E-state index in [1.807, 2.05) is 0 Å². The van der Waals surface area contributed by atoms with Gasteiger partial charge in [-0.2, -0.15) is 0 Å². The Labute approximate surface area is 71.2 Å². The lowest BCUT2D eigenvalue weighted by molar-refractivity contribution is 0.605. The van der Waals surface area contributed by atoms with Crippen molar-refractivity contribution in [2.45, 2.75) is 25.3 Å². The van der Waals surface area contributed by atoms with Crippen molar-refractivity contribution in [3.8, 4) is 0 Å². The lowest BCUT2D eigenvalue weighted by Gasteiger charge is -2.06. The lowest BCUT2D eigenvalue weighted by atomic mass is 10.1. The SMILES string of the molecule is N[C@@H](CC1CC1)c1cccs1. The minimum absolute atomic E-state index is 0.308. The molecule has 1 atom stereocenters. The smallest absolute Gasteiger partial charge is 0.0392 e. The maximum Gasteiger partial charge on any atom is 0.0392 e. The van der Waals surface area contributed by atoms with E-state index < -0.39 is 0 Å². The quantitative estimate of drug-likeness (QED) is 0.735. The summed E-state index contributed by atoms with van der Waals surface area (Å²) in [6, 6.07) is 4.52. The van der Waals surface area contributed by atoms with Crippen LogP contribution in [0, 0.1) is 5.92 Å². The molecule has 0 amide bonds. The Balaban J connectivity index is 1.93. The molecule has 0 spiro atoms. The summed E-state index contributed by atoms with van der Waals surface area (Å²) in [5.41, 5.74) is 5.99. The van der Waals surface area contributed by atoms with E-state index in [1.165, 1.54) is 24.1 Å². The second kappa shape index (κ2) is 2.95. The molecule has 1 saturated carbocycles. The Morgan fingerprint density at radius 3 is 3.00 bits per heavy atom. The highest BCUT2D eigenvalue weighted by molar-refractivity contribution is 7.10. The van der Waals surface area contributed by atoms with Gasteiger partial charge < -0.3 is 5.73 Å². The van der Waals surface area contributed by atoms with Gasteiger partial charge >= 0.3 is 0 Å². The number of thiophene rings is 1. The van der Waals surface area contributed by atoms with Gasteiger partial charge in [-0.15, -0.1) is 11.3 Å². The Kier molecular flexibility index (Phi) is 1.96. The molecule has 1 fully saturated rings. The monoisotopic (exact) mass is 167 g/mol. The van der Waals surface area contributed by atoms with Gasteiger partial charge in [0.2, 0.25) is 0 Å². The largest absolute Gasteiger partial charge is 0.323 e. The van der Waals surface area contributed by atoms with Gasteiger partial charge in [-0.3, -0.25) is 0 Å². The van der Waals surface area contributed by atoms with Gasteiger partial charge in [-0.25, -0.2) is 0 Å².